The highest BCUT2D eigenvalue weighted by molar-refractivity contribution is 6.52. The number of fused-ring (bicyclic) bond motifs is 1. The zero-order valence-corrected chi connectivity index (χ0v) is 23.1. The zero-order valence-electron chi connectivity index (χ0n) is 23.1. The smallest absolute Gasteiger partial charge is 0.300 e. The Labute approximate surface area is 228 Å². The summed E-state index contributed by atoms with van der Waals surface area (Å²) >= 11 is 0. The number of amides is 1. The Morgan fingerprint density at radius 3 is 2.33 bits per heavy atom. The molecule has 0 radical (unpaired) electrons. The summed E-state index contributed by atoms with van der Waals surface area (Å²) in [6, 6.07) is 19.9. The molecule has 7 nitrogen and oxygen atoms in total. The van der Waals surface area contributed by atoms with Crippen molar-refractivity contribution >= 4 is 39.7 Å². The summed E-state index contributed by atoms with van der Waals surface area (Å²) in [5.41, 5.74) is 4.25. The number of rotatable bonds is 5. The number of carbonyl (C=O) groups excluding carboxylic acids is 2. The molecule has 200 valence electrons. The van der Waals surface area contributed by atoms with Gasteiger partial charge in [-0.1, -0.05) is 45.0 Å². The molecule has 5 rings (SSSR count). The number of aliphatic hydroxyl groups is 1. The van der Waals surface area contributed by atoms with E-state index in [9.17, 15) is 14.7 Å². The third-order valence-electron chi connectivity index (χ3n) is 7.33. The molecule has 1 aliphatic heterocycles. The van der Waals surface area contributed by atoms with E-state index in [1.807, 2.05) is 79.7 Å². The normalized spacial score (nSPS) is 17.2. The number of ketones is 1. The number of benzene rings is 3. The van der Waals surface area contributed by atoms with E-state index in [4.69, 9.17) is 4.74 Å². The van der Waals surface area contributed by atoms with E-state index in [0.717, 1.165) is 22.2 Å². The number of H-pyrrole nitrogens is 1. The fraction of sp³-hybridized carbons (Fsp3) is 0.250. The molecule has 1 fully saturated rings. The molecule has 1 saturated heterocycles. The van der Waals surface area contributed by atoms with Crippen LogP contribution in [0, 0.1) is 0 Å². The van der Waals surface area contributed by atoms with Crippen LogP contribution in [0.15, 0.2) is 78.5 Å². The van der Waals surface area contributed by atoms with Crippen molar-refractivity contribution in [3.05, 3.63) is 95.2 Å². The van der Waals surface area contributed by atoms with Crippen LogP contribution in [0.2, 0.25) is 0 Å². The molecule has 3 aromatic carbocycles. The largest absolute Gasteiger partial charge is 0.507 e. The molecule has 1 atom stereocenters. The van der Waals surface area contributed by atoms with E-state index in [1.165, 1.54) is 12.0 Å². The highest BCUT2D eigenvalue weighted by atomic mass is 16.5. The van der Waals surface area contributed by atoms with Crippen molar-refractivity contribution in [1.82, 2.24) is 4.98 Å². The molecule has 0 bridgehead atoms. The van der Waals surface area contributed by atoms with Gasteiger partial charge in [-0.05, 0) is 53.4 Å². The van der Waals surface area contributed by atoms with E-state index in [-0.39, 0.29) is 16.7 Å². The molecule has 1 amide bonds. The number of aliphatic hydroxyl groups excluding tert-OH is 1. The number of Topliss-reactive ketones (excluding diaryl/α,β-unsaturated/α-hetero) is 1. The number of hydrogen-bond acceptors (Lipinski definition) is 5. The summed E-state index contributed by atoms with van der Waals surface area (Å²) in [7, 11) is 5.39. The molecule has 0 spiro atoms. The van der Waals surface area contributed by atoms with Gasteiger partial charge in [0.25, 0.3) is 11.7 Å². The average Bonchev–Trinajstić information content (AvgIpc) is 3.45. The number of nitrogens with zero attached hydrogens (tertiary/aromatic N) is 2. The maximum absolute atomic E-state index is 13.7. The van der Waals surface area contributed by atoms with Gasteiger partial charge in [-0.3, -0.25) is 14.5 Å². The van der Waals surface area contributed by atoms with Crippen LogP contribution >= 0.6 is 0 Å². The first kappa shape index (κ1) is 26.1. The second-order valence-electron chi connectivity index (χ2n) is 11.0. The predicted octanol–water partition coefficient (Wildman–Crippen LogP) is 6.17. The number of hydrogen-bond donors (Lipinski definition) is 2. The van der Waals surface area contributed by atoms with Crippen LogP contribution in [0.5, 0.6) is 5.75 Å². The standard InChI is InChI=1S/C32H33N3O4/c1-32(2,3)19-11-16-26(39-6)23(17-19)29(36)27-28(24-18-33-25-10-8-7-9-22(24)25)35(31(38)30(27)37)21-14-12-20(13-15-21)34(4)5/h7-18,28,33,36H,1-6H3/b29-27+. The Bertz CT molecular complexity index is 1610. The Kier molecular flexibility index (Phi) is 6.46. The minimum atomic E-state index is -0.852. The third-order valence-corrected chi connectivity index (χ3v) is 7.33. The SMILES string of the molecule is COc1ccc(C(C)(C)C)cc1/C(O)=C1\C(=O)C(=O)N(c2ccc(N(C)C)cc2)C1c1c[nH]c2ccccc12. The molecular weight excluding hydrogens is 490 g/mol. The van der Waals surface area contributed by atoms with Crippen LogP contribution in [-0.4, -0.2) is 43.0 Å². The van der Waals surface area contributed by atoms with Gasteiger partial charge in [-0.15, -0.1) is 0 Å². The van der Waals surface area contributed by atoms with Crippen LogP contribution in [0.4, 0.5) is 11.4 Å². The number of methoxy groups -OCH3 is 1. The molecule has 2 N–H and O–H groups in total. The lowest BCUT2D eigenvalue weighted by molar-refractivity contribution is -0.132. The predicted molar refractivity (Wildman–Crippen MR) is 156 cm³/mol. The first-order valence-electron chi connectivity index (χ1n) is 12.9. The third kappa shape index (κ3) is 4.44. The molecule has 7 heteroatoms. The molecule has 1 unspecified atom stereocenters. The summed E-state index contributed by atoms with van der Waals surface area (Å²) in [6.45, 7) is 6.21. The number of ether oxygens (including phenoxy) is 1. The van der Waals surface area contributed by atoms with Crippen LogP contribution in [0.3, 0.4) is 0 Å². The lowest BCUT2D eigenvalue weighted by atomic mass is 9.85. The van der Waals surface area contributed by atoms with E-state index in [1.54, 1.807) is 12.3 Å². The van der Waals surface area contributed by atoms with Crippen molar-refractivity contribution in [1.29, 1.82) is 0 Å². The van der Waals surface area contributed by atoms with Crippen molar-refractivity contribution in [3.8, 4) is 5.75 Å². The fourth-order valence-corrected chi connectivity index (χ4v) is 5.13. The Morgan fingerprint density at radius 2 is 1.69 bits per heavy atom. The fourth-order valence-electron chi connectivity index (χ4n) is 5.13. The number of aromatic nitrogens is 1. The summed E-state index contributed by atoms with van der Waals surface area (Å²) in [6.07, 6.45) is 1.80. The number of para-hydroxylation sites is 1. The number of carbonyl (C=O) groups is 2. The van der Waals surface area contributed by atoms with Gasteiger partial charge in [0.05, 0.1) is 24.3 Å². The van der Waals surface area contributed by atoms with E-state index in [0.29, 0.717) is 22.6 Å². The summed E-state index contributed by atoms with van der Waals surface area (Å²) in [4.78, 5) is 34.1. The Balaban J connectivity index is 1.78. The molecule has 4 aromatic rings. The molecule has 0 saturated carbocycles. The lowest BCUT2D eigenvalue weighted by Crippen LogP contribution is -2.29. The van der Waals surface area contributed by atoms with Crippen molar-refractivity contribution in [2.45, 2.75) is 32.2 Å². The van der Waals surface area contributed by atoms with Gasteiger partial charge < -0.3 is 19.7 Å². The lowest BCUT2D eigenvalue weighted by Gasteiger charge is -2.26. The Morgan fingerprint density at radius 1 is 1.00 bits per heavy atom. The molecule has 1 aromatic heterocycles. The number of aromatic amines is 1. The first-order chi connectivity index (χ1) is 18.5. The van der Waals surface area contributed by atoms with Crippen LogP contribution < -0.4 is 14.5 Å². The van der Waals surface area contributed by atoms with Gasteiger partial charge in [0.1, 0.15) is 11.5 Å². The second kappa shape index (κ2) is 9.66. The van der Waals surface area contributed by atoms with E-state index >= 15 is 0 Å². The molecule has 39 heavy (non-hydrogen) atoms. The highest BCUT2D eigenvalue weighted by Crippen LogP contribution is 2.45. The quantitative estimate of drug-likeness (QED) is 0.186. The van der Waals surface area contributed by atoms with E-state index < -0.39 is 17.7 Å². The molecule has 2 heterocycles. The minimum absolute atomic E-state index is 0.0193. The maximum atomic E-state index is 13.7. The minimum Gasteiger partial charge on any atom is -0.507 e. The van der Waals surface area contributed by atoms with Gasteiger partial charge >= 0.3 is 0 Å². The summed E-state index contributed by atoms with van der Waals surface area (Å²) < 4.78 is 5.58. The maximum Gasteiger partial charge on any atom is 0.300 e. The number of nitrogens with one attached hydrogen (secondary N) is 1. The summed E-state index contributed by atoms with van der Waals surface area (Å²) in [5, 5.41) is 12.7. The Hall–Kier alpha value is -4.52. The molecule has 1 aliphatic rings. The van der Waals surface area contributed by atoms with E-state index in [2.05, 4.69) is 25.8 Å². The van der Waals surface area contributed by atoms with Crippen LogP contribution in [0.1, 0.15) is 43.5 Å². The van der Waals surface area contributed by atoms with Gasteiger partial charge in [-0.25, -0.2) is 0 Å². The number of anilines is 2. The van der Waals surface area contributed by atoms with Crippen molar-refractivity contribution in [2.24, 2.45) is 0 Å². The van der Waals surface area contributed by atoms with Crippen molar-refractivity contribution in [3.63, 3.8) is 0 Å². The average molecular weight is 524 g/mol. The summed E-state index contributed by atoms with van der Waals surface area (Å²) in [5.74, 6) is -1.29. The monoisotopic (exact) mass is 523 g/mol. The van der Waals surface area contributed by atoms with Crippen molar-refractivity contribution in [2.75, 3.05) is 31.0 Å². The molecule has 0 aliphatic carbocycles. The van der Waals surface area contributed by atoms with Crippen LogP contribution in [-0.2, 0) is 15.0 Å². The van der Waals surface area contributed by atoms with Gasteiger partial charge in [0.15, 0.2) is 0 Å². The zero-order chi connectivity index (χ0) is 28.1. The second-order valence-corrected chi connectivity index (χ2v) is 11.0. The molecular formula is C32H33N3O4. The van der Waals surface area contributed by atoms with Gasteiger partial charge in [0.2, 0.25) is 0 Å². The van der Waals surface area contributed by atoms with Crippen LogP contribution in [0.25, 0.3) is 16.7 Å². The van der Waals surface area contributed by atoms with Crippen molar-refractivity contribution < 1.29 is 19.4 Å². The first-order valence-corrected chi connectivity index (χ1v) is 12.9. The highest BCUT2D eigenvalue weighted by Gasteiger charge is 2.48. The topological polar surface area (TPSA) is 85.9 Å². The van der Waals surface area contributed by atoms with Gasteiger partial charge in [0, 0.05) is 48.1 Å². The van der Waals surface area contributed by atoms with Gasteiger partial charge in [-0.2, -0.15) is 0 Å².